The lowest BCUT2D eigenvalue weighted by molar-refractivity contribution is -0.221. The zero-order valence-corrected chi connectivity index (χ0v) is 20.3. The fourth-order valence-electron chi connectivity index (χ4n) is 8.66. The summed E-state index contributed by atoms with van der Waals surface area (Å²) in [6, 6.07) is 0. The van der Waals surface area contributed by atoms with Gasteiger partial charge >= 0.3 is 5.97 Å². The largest absolute Gasteiger partial charge is 0.456 e. The summed E-state index contributed by atoms with van der Waals surface area (Å²) in [6.45, 7) is 5.36. The van der Waals surface area contributed by atoms with Gasteiger partial charge in [0, 0.05) is 53.9 Å². The number of rotatable bonds is 6. The number of ketones is 4. The van der Waals surface area contributed by atoms with Crippen LogP contribution in [0, 0.1) is 28.6 Å². The van der Waals surface area contributed by atoms with Gasteiger partial charge in [-0.2, -0.15) is 0 Å². The van der Waals surface area contributed by atoms with E-state index in [4.69, 9.17) is 4.74 Å². The number of ether oxygens (including phenoxy) is 1. The van der Waals surface area contributed by atoms with Crippen LogP contribution in [0.2, 0.25) is 0 Å². The number of hydrogen-bond acceptors (Lipinski definition) is 6. The molecule has 184 valence electrons. The minimum absolute atomic E-state index is 0.109. The predicted octanol–water partition coefficient (Wildman–Crippen LogP) is 4.47. The molecule has 6 aliphatic rings. The van der Waals surface area contributed by atoms with Gasteiger partial charge in [-0.15, -0.1) is 0 Å². The molecule has 0 saturated heterocycles. The highest BCUT2D eigenvalue weighted by Crippen LogP contribution is 2.69. The molecule has 0 aromatic heterocycles. The summed E-state index contributed by atoms with van der Waals surface area (Å²) < 4.78 is 6.10. The molecule has 6 nitrogen and oxygen atoms in total. The summed E-state index contributed by atoms with van der Waals surface area (Å²) in [5.74, 6) is -0.429. The van der Waals surface area contributed by atoms with Crippen LogP contribution >= 0.6 is 0 Å². The summed E-state index contributed by atoms with van der Waals surface area (Å²) in [4.78, 5) is 65.2. The van der Waals surface area contributed by atoms with Crippen LogP contribution in [0.3, 0.4) is 0 Å². The van der Waals surface area contributed by atoms with E-state index < -0.39 is 22.4 Å². The molecule has 4 atom stereocenters. The van der Waals surface area contributed by atoms with Gasteiger partial charge in [0.1, 0.15) is 28.7 Å². The molecule has 0 spiro atoms. The zero-order chi connectivity index (χ0) is 24.3. The van der Waals surface area contributed by atoms with E-state index in [2.05, 4.69) is 6.58 Å². The molecule has 0 aromatic carbocycles. The minimum atomic E-state index is -0.849. The molecule has 0 aliphatic heterocycles. The second-order valence-corrected chi connectivity index (χ2v) is 12.3. The van der Waals surface area contributed by atoms with E-state index >= 15 is 0 Å². The van der Waals surface area contributed by atoms with Crippen LogP contribution in [0.5, 0.6) is 0 Å². The monoisotopic (exact) mass is 468 g/mol. The first-order valence-electron chi connectivity index (χ1n) is 13.1. The molecular formula is C28H36O6. The van der Waals surface area contributed by atoms with Gasteiger partial charge in [-0.3, -0.25) is 19.2 Å². The average molecular weight is 469 g/mol. The number of carbonyl (C=O) groups excluding carboxylic acids is 5. The Morgan fingerprint density at radius 3 is 1.76 bits per heavy atom. The van der Waals surface area contributed by atoms with Gasteiger partial charge in [-0.05, 0) is 77.0 Å². The highest BCUT2D eigenvalue weighted by atomic mass is 16.6. The number of Topliss-reactive ketones (excluding diaryl/α,β-unsaturated/α-hetero) is 4. The molecule has 34 heavy (non-hydrogen) atoms. The maximum Gasteiger partial charge on any atom is 0.333 e. The molecule has 6 rings (SSSR count). The molecule has 6 heteroatoms. The maximum absolute atomic E-state index is 14.1. The van der Waals surface area contributed by atoms with Crippen molar-refractivity contribution in [2.24, 2.45) is 28.6 Å². The van der Waals surface area contributed by atoms with Crippen molar-refractivity contribution in [1.82, 2.24) is 0 Å². The van der Waals surface area contributed by atoms with E-state index in [1.165, 1.54) is 0 Å². The Morgan fingerprint density at radius 1 is 0.824 bits per heavy atom. The van der Waals surface area contributed by atoms with Gasteiger partial charge < -0.3 is 4.74 Å². The third kappa shape index (κ3) is 3.91. The van der Waals surface area contributed by atoms with Crippen LogP contribution in [0.1, 0.15) is 96.8 Å². The van der Waals surface area contributed by atoms with E-state index in [1.54, 1.807) is 6.92 Å². The SMILES string of the molecule is C=C(C)C(=O)OC12CC3CC(C(=O)C4CCCC(=O)C4)(C1)CC(C(=O)C1CCCC(=O)C1)(C3)C2. The summed E-state index contributed by atoms with van der Waals surface area (Å²) in [6.07, 6.45) is 8.02. The second kappa shape index (κ2) is 8.23. The van der Waals surface area contributed by atoms with Crippen molar-refractivity contribution >= 4 is 29.1 Å². The van der Waals surface area contributed by atoms with Crippen LogP contribution in [0.15, 0.2) is 12.2 Å². The van der Waals surface area contributed by atoms with E-state index in [0.717, 1.165) is 12.8 Å². The number of hydrogen-bond donors (Lipinski definition) is 0. The molecule has 6 fully saturated rings. The molecule has 4 unspecified atom stereocenters. The molecule has 0 N–H and O–H groups in total. The normalized spacial score (nSPS) is 41.3. The minimum Gasteiger partial charge on any atom is -0.456 e. The van der Waals surface area contributed by atoms with Crippen molar-refractivity contribution in [1.29, 1.82) is 0 Å². The molecule has 0 radical (unpaired) electrons. The summed E-state index contributed by atoms with van der Waals surface area (Å²) >= 11 is 0. The Bertz CT molecular complexity index is 919. The van der Waals surface area contributed by atoms with E-state index in [1.807, 2.05) is 0 Å². The molecule has 0 aromatic rings. The Kier molecular flexibility index (Phi) is 5.72. The molecule has 4 bridgehead atoms. The smallest absolute Gasteiger partial charge is 0.333 e. The highest BCUT2D eigenvalue weighted by molar-refractivity contribution is 5.97. The van der Waals surface area contributed by atoms with Crippen LogP contribution in [-0.2, 0) is 28.7 Å². The van der Waals surface area contributed by atoms with Gasteiger partial charge in [-0.25, -0.2) is 4.79 Å². The van der Waals surface area contributed by atoms with Crippen molar-refractivity contribution in [3.05, 3.63) is 12.2 Å². The molecular weight excluding hydrogens is 432 g/mol. The van der Waals surface area contributed by atoms with Gasteiger partial charge in [0.05, 0.1) is 0 Å². The molecule has 0 heterocycles. The molecule has 0 amide bonds. The van der Waals surface area contributed by atoms with Crippen LogP contribution < -0.4 is 0 Å². The highest BCUT2D eigenvalue weighted by Gasteiger charge is 2.69. The van der Waals surface area contributed by atoms with E-state index in [-0.39, 0.29) is 40.9 Å². The zero-order valence-electron chi connectivity index (χ0n) is 20.3. The van der Waals surface area contributed by atoms with Gasteiger partial charge in [0.15, 0.2) is 0 Å². The van der Waals surface area contributed by atoms with Crippen LogP contribution in [0.4, 0.5) is 0 Å². The van der Waals surface area contributed by atoms with Crippen LogP contribution in [-0.4, -0.2) is 34.7 Å². The van der Waals surface area contributed by atoms with Crippen molar-refractivity contribution < 1.29 is 28.7 Å². The second-order valence-electron chi connectivity index (χ2n) is 12.3. The number of carbonyl (C=O) groups is 5. The lowest BCUT2D eigenvalue weighted by Crippen LogP contribution is -2.66. The average Bonchev–Trinajstić information content (AvgIpc) is 2.76. The predicted molar refractivity (Wildman–Crippen MR) is 124 cm³/mol. The fraction of sp³-hybridized carbons (Fsp3) is 0.750. The first kappa shape index (κ1) is 23.6. The summed E-state index contributed by atoms with van der Waals surface area (Å²) in [5.41, 5.74) is -2.00. The summed E-state index contributed by atoms with van der Waals surface area (Å²) in [5, 5.41) is 0. The first-order valence-corrected chi connectivity index (χ1v) is 13.1. The van der Waals surface area contributed by atoms with Gasteiger partial charge in [0.25, 0.3) is 0 Å². The molecule has 6 saturated carbocycles. The fourth-order valence-corrected chi connectivity index (χ4v) is 8.66. The quantitative estimate of drug-likeness (QED) is 0.422. The third-order valence-corrected chi connectivity index (χ3v) is 9.43. The topological polar surface area (TPSA) is 94.6 Å². The Hall–Kier alpha value is -2.11. The molecule has 6 aliphatic carbocycles. The van der Waals surface area contributed by atoms with Gasteiger partial charge in [-0.1, -0.05) is 6.58 Å². The maximum atomic E-state index is 14.1. The van der Waals surface area contributed by atoms with Gasteiger partial charge in [0.2, 0.25) is 0 Å². The van der Waals surface area contributed by atoms with Crippen LogP contribution in [0.25, 0.3) is 0 Å². The lowest BCUT2D eigenvalue weighted by Gasteiger charge is -2.65. The standard InChI is InChI=1S/C28H36O6/c1-17(2)25(33)34-28-13-18-11-26(15-28,23(31)19-5-3-7-21(29)9-19)14-27(12-18,16-28)24(32)20-6-4-8-22(30)10-20/h18-20H,1,3-16H2,2H3. The Balaban J connectivity index is 1.52. The Labute approximate surface area is 201 Å². The Morgan fingerprint density at radius 2 is 1.32 bits per heavy atom. The summed E-state index contributed by atoms with van der Waals surface area (Å²) in [7, 11) is 0. The van der Waals surface area contributed by atoms with Crippen molar-refractivity contribution in [3.63, 3.8) is 0 Å². The van der Waals surface area contributed by atoms with Crippen molar-refractivity contribution in [3.8, 4) is 0 Å². The third-order valence-electron chi connectivity index (χ3n) is 9.43. The van der Waals surface area contributed by atoms with E-state index in [9.17, 15) is 24.0 Å². The number of esters is 1. The van der Waals surface area contributed by atoms with Crippen molar-refractivity contribution in [2.75, 3.05) is 0 Å². The first-order chi connectivity index (χ1) is 16.1. The van der Waals surface area contributed by atoms with E-state index in [0.29, 0.717) is 82.6 Å². The van der Waals surface area contributed by atoms with Crippen molar-refractivity contribution in [2.45, 2.75) is 102 Å². The lowest BCUT2D eigenvalue weighted by atomic mass is 9.39.